The van der Waals surface area contributed by atoms with Crippen LogP contribution in [0.2, 0.25) is 0 Å². The second-order valence-corrected chi connectivity index (χ2v) is 11.2. The van der Waals surface area contributed by atoms with Gasteiger partial charge in [-0.2, -0.15) is 0 Å². The van der Waals surface area contributed by atoms with Crippen molar-refractivity contribution >= 4 is 7.87 Å². The lowest BCUT2D eigenvalue weighted by Crippen LogP contribution is -2.54. The van der Waals surface area contributed by atoms with E-state index in [1.54, 1.807) is 0 Å². The lowest BCUT2D eigenvalue weighted by molar-refractivity contribution is 0.276. The zero-order valence-electron chi connectivity index (χ0n) is 20.8. The molecule has 0 fully saturated rings. The fourth-order valence-corrected chi connectivity index (χ4v) is 9.51. The Hall–Kier alpha value is 0.270. The van der Waals surface area contributed by atoms with Gasteiger partial charge in [0.1, 0.15) is 0 Å². The molecule has 1 N–H and O–H groups in total. The van der Waals surface area contributed by atoms with E-state index in [9.17, 15) is 0 Å². The summed E-state index contributed by atoms with van der Waals surface area (Å²) in [5, 5.41) is 4.36. The lowest BCUT2D eigenvalue weighted by atomic mass is 10.2. The Morgan fingerprint density at radius 1 is 0.500 bits per heavy atom. The van der Waals surface area contributed by atoms with Crippen LogP contribution in [0.1, 0.15) is 107 Å². The van der Waals surface area contributed by atoms with Gasteiger partial charge in [-0.1, -0.05) is 55.4 Å². The highest BCUT2D eigenvalue weighted by Gasteiger charge is 2.56. The molecule has 0 rings (SSSR count). The van der Waals surface area contributed by atoms with Crippen molar-refractivity contribution in [2.45, 2.75) is 113 Å². The van der Waals surface area contributed by atoms with Gasteiger partial charge in [0.15, 0.2) is 0 Å². The first kappa shape index (κ1) is 28.3. The Morgan fingerprint density at radius 2 is 0.750 bits per heavy atom. The van der Waals surface area contributed by atoms with Crippen molar-refractivity contribution in [1.82, 2.24) is 19.1 Å². The molecule has 28 heavy (non-hydrogen) atoms. The van der Waals surface area contributed by atoms with E-state index in [1.165, 1.54) is 90.6 Å². The summed E-state index contributed by atoms with van der Waals surface area (Å²) in [5.74, 6) is 0. The third-order valence-corrected chi connectivity index (χ3v) is 9.69. The molecule has 0 atom stereocenters. The minimum atomic E-state index is -1.76. The molecule has 0 aliphatic carbocycles. The molecular weight excluding hydrogens is 363 g/mol. The fraction of sp³-hybridized carbons (Fsp3) is 1.00. The van der Waals surface area contributed by atoms with E-state index >= 15 is 0 Å². The Morgan fingerprint density at radius 3 is 0.929 bits per heavy atom. The molecule has 0 spiro atoms. The number of nitrogens with zero attached hydrogens (tertiary/aromatic N) is 3. The molecule has 4 nitrogen and oxygen atoms in total. The second-order valence-electron chi connectivity index (χ2n) is 8.07. The SMILES string of the molecule is CCCN(CCC)[P+](NC(CC)CC)(N(CCC)CCC)N(CCC)CCC. The van der Waals surface area contributed by atoms with Crippen LogP contribution in [0, 0.1) is 0 Å². The molecule has 0 aromatic carbocycles. The molecule has 0 unspecified atom stereocenters. The van der Waals surface area contributed by atoms with Crippen LogP contribution in [-0.4, -0.2) is 59.3 Å². The standard InChI is InChI=1S/C23H54N4P/c1-9-17-25(18-10-2)28(24-23(15-7)16-8,26(19-11-3)20-12-4)27(21-13-5)22-14-6/h23-24H,9-22H2,1-8H3/q+1. The molecule has 0 amide bonds. The van der Waals surface area contributed by atoms with Crippen LogP contribution < -0.4 is 5.09 Å². The minimum absolute atomic E-state index is 0.594. The van der Waals surface area contributed by atoms with Crippen LogP contribution >= 0.6 is 7.87 Å². The van der Waals surface area contributed by atoms with Crippen LogP contribution in [0.4, 0.5) is 0 Å². The van der Waals surface area contributed by atoms with Crippen molar-refractivity contribution in [3.8, 4) is 0 Å². The van der Waals surface area contributed by atoms with Crippen molar-refractivity contribution in [2.24, 2.45) is 0 Å². The van der Waals surface area contributed by atoms with E-state index in [2.05, 4.69) is 74.5 Å². The largest absolute Gasteiger partial charge is 0.306 e. The summed E-state index contributed by atoms with van der Waals surface area (Å²) in [6.07, 6.45) is 9.78. The van der Waals surface area contributed by atoms with Crippen molar-refractivity contribution in [1.29, 1.82) is 0 Å². The molecule has 170 valence electrons. The monoisotopic (exact) mass is 417 g/mol. The Balaban J connectivity index is 6.52. The van der Waals surface area contributed by atoms with Gasteiger partial charge >= 0.3 is 7.87 Å². The summed E-state index contributed by atoms with van der Waals surface area (Å²) in [7, 11) is -1.76. The maximum atomic E-state index is 4.36. The Labute approximate surface area is 179 Å². The van der Waals surface area contributed by atoms with E-state index in [-0.39, 0.29) is 0 Å². The van der Waals surface area contributed by atoms with E-state index < -0.39 is 7.87 Å². The third kappa shape index (κ3) is 8.19. The first-order valence-electron chi connectivity index (χ1n) is 12.5. The van der Waals surface area contributed by atoms with Crippen molar-refractivity contribution in [3.05, 3.63) is 0 Å². The zero-order valence-corrected chi connectivity index (χ0v) is 21.7. The summed E-state index contributed by atoms with van der Waals surface area (Å²) in [6.45, 7) is 26.0. The van der Waals surface area contributed by atoms with Gasteiger partial charge in [0, 0.05) is 45.3 Å². The van der Waals surface area contributed by atoms with E-state index in [0.29, 0.717) is 6.04 Å². The van der Waals surface area contributed by atoms with Gasteiger partial charge in [-0.25, -0.2) is 0 Å². The summed E-state index contributed by atoms with van der Waals surface area (Å²) >= 11 is 0. The summed E-state index contributed by atoms with van der Waals surface area (Å²) in [5.41, 5.74) is 0. The molecule has 0 heterocycles. The van der Waals surface area contributed by atoms with Crippen LogP contribution in [0.25, 0.3) is 0 Å². The zero-order chi connectivity index (χ0) is 21.4. The van der Waals surface area contributed by atoms with E-state index in [0.717, 1.165) is 0 Å². The molecule has 0 aromatic heterocycles. The Kier molecular flexibility index (Phi) is 17.2. The predicted octanol–water partition coefficient (Wildman–Crippen LogP) is 6.81. The van der Waals surface area contributed by atoms with Crippen molar-refractivity contribution in [3.63, 3.8) is 0 Å². The molecule has 0 aliphatic rings. The fourth-order valence-electron chi connectivity index (χ4n) is 4.22. The van der Waals surface area contributed by atoms with Gasteiger partial charge in [-0.05, 0) is 51.4 Å². The molecule has 0 radical (unpaired) electrons. The quantitative estimate of drug-likeness (QED) is 0.233. The summed E-state index contributed by atoms with van der Waals surface area (Å²) < 4.78 is 8.67. The smallest absolute Gasteiger partial charge is 0.143 e. The maximum absolute atomic E-state index is 4.36. The lowest BCUT2D eigenvalue weighted by Gasteiger charge is -2.48. The van der Waals surface area contributed by atoms with Gasteiger partial charge in [-0.3, -0.25) is 0 Å². The second kappa shape index (κ2) is 17.0. The number of nitrogens with one attached hydrogen (secondary N) is 1. The number of hydrogen-bond donors (Lipinski definition) is 1. The third-order valence-electron chi connectivity index (χ3n) is 5.41. The molecule has 5 heteroatoms. The van der Waals surface area contributed by atoms with Crippen LogP contribution in [0.15, 0.2) is 0 Å². The van der Waals surface area contributed by atoms with Gasteiger partial charge < -0.3 is 0 Å². The summed E-state index contributed by atoms with van der Waals surface area (Å²) in [4.78, 5) is 0. The van der Waals surface area contributed by atoms with E-state index in [1.807, 2.05) is 0 Å². The first-order valence-corrected chi connectivity index (χ1v) is 14.1. The molecular formula is C23H54N4P+. The normalized spacial score (nSPS) is 12.9. The predicted molar refractivity (Wildman–Crippen MR) is 131 cm³/mol. The first-order chi connectivity index (χ1) is 13.6. The molecule has 0 saturated heterocycles. The topological polar surface area (TPSA) is 21.8 Å². The van der Waals surface area contributed by atoms with Crippen LogP contribution in [-0.2, 0) is 0 Å². The van der Waals surface area contributed by atoms with Gasteiger partial charge in [-0.15, -0.1) is 19.1 Å². The summed E-state index contributed by atoms with van der Waals surface area (Å²) in [6, 6.07) is 0.594. The minimum Gasteiger partial charge on any atom is -0.143 e. The highest BCUT2D eigenvalue weighted by molar-refractivity contribution is 7.67. The highest BCUT2D eigenvalue weighted by atomic mass is 31.2. The molecule has 0 bridgehead atoms. The average molecular weight is 418 g/mol. The van der Waals surface area contributed by atoms with Gasteiger partial charge in [0.05, 0.1) is 0 Å². The number of rotatable bonds is 19. The Bertz CT molecular complexity index is 291. The maximum Gasteiger partial charge on any atom is 0.306 e. The highest BCUT2D eigenvalue weighted by Crippen LogP contribution is 2.65. The van der Waals surface area contributed by atoms with Gasteiger partial charge in [0.25, 0.3) is 0 Å². The average Bonchev–Trinajstić information content (AvgIpc) is 2.69. The molecule has 0 aliphatic heterocycles. The van der Waals surface area contributed by atoms with Gasteiger partial charge in [0.2, 0.25) is 0 Å². The van der Waals surface area contributed by atoms with Crippen molar-refractivity contribution in [2.75, 3.05) is 39.3 Å². The van der Waals surface area contributed by atoms with Crippen LogP contribution in [0.5, 0.6) is 0 Å². The van der Waals surface area contributed by atoms with Crippen molar-refractivity contribution < 1.29 is 0 Å². The molecule has 0 saturated carbocycles. The van der Waals surface area contributed by atoms with E-state index in [4.69, 9.17) is 0 Å². The van der Waals surface area contributed by atoms with Crippen LogP contribution in [0.3, 0.4) is 0 Å². The number of hydrogen-bond acceptors (Lipinski definition) is 4. The molecule has 0 aromatic rings.